The quantitative estimate of drug-likeness (QED) is 0.934. The first-order valence-electron chi connectivity index (χ1n) is 6.35. The van der Waals surface area contributed by atoms with Crippen LogP contribution in [0.25, 0.3) is 0 Å². The van der Waals surface area contributed by atoms with Crippen LogP contribution in [-0.4, -0.2) is 15.3 Å². The average molecular weight is 282 g/mol. The second-order valence-corrected chi connectivity index (χ2v) is 6.19. The van der Waals surface area contributed by atoms with Crippen molar-refractivity contribution >= 4 is 11.6 Å². The van der Waals surface area contributed by atoms with Gasteiger partial charge in [-0.2, -0.15) is 5.10 Å². The number of aromatic nitrogens is 2. The molecular weight excluding hydrogens is 262 g/mol. The fraction of sp³-hybridized carbons (Fsp3) is 0.500. The van der Waals surface area contributed by atoms with Crippen LogP contribution in [0.2, 0.25) is 5.02 Å². The molecule has 0 radical (unpaired) electrons. The summed E-state index contributed by atoms with van der Waals surface area (Å²) in [6.45, 7) is 9.78. The van der Waals surface area contributed by atoms with Gasteiger partial charge in [0.05, 0.1) is 24.3 Å². The van der Waals surface area contributed by atoms with Crippen LogP contribution in [0.4, 0.5) is 0 Å². The van der Waals surface area contributed by atoms with E-state index in [-0.39, 0.29) is 5.54 Å². The van der Waals surface area contributed by atoms with Crippen molar-refractivity contribution in [2.45, 2.75) is 46.3 Å². The number of halogens is 1. The Morgan fingerprint density at radius 2 is 2.16 bits per heavy atom. The maximum Gasteiger partial charge on any atom is 0.118 e. The fourth-order valence-electron chi connectivity index (χ4n) is 1.78. The van der Waals surface area contributed by atoms with Gasteiger partial charge >= 0.3 is 0 Å². The number of nitrogens with one attached hydrogen (secondary N) is 1. The molecule has 0 saturated heterocycles. The zero-order valence-corrected chi connectivity index (χ0v) is 12.6. The average Bonchev–Trinajstić information content (AvgIpc) is 2.83. The second kappa shape index (κ2) is 5.39. The van der Waals surface area contributed by atoms with Gasteiger partial charge in [0, 0.05) is 17.3 Å². The van der Waals surface area contributed by atoms with E-state index in [1.54, 1.807) is 17.1 Å². The Labute approximate surface area is 118 Å². The fourth-order valence-corrected chi connectivity index (χ4v) is 1.94. The molecular formula is C14H20ClN3O. The summed E-state index contributed by atoms with van der Waals surface area (Å²) in [5.74, 6) is 1.87. The Bertz CT molecular complexity index is 551. The molecule has 2 aromatic heterocycles. The van der Waals surface area contributed by atoms with Crippen LogP contribution in [0, 0.1) is 6.92 Å². The zero-order chi connectivity index (χ0) is 14.0. The molecule has 0 bridgehead atoms. The maximum atomic E-state index is 5.85. The van der Waals surface area contributed by atoms with Crippen LogP contribution < -0.4 is 5.32 Å². The molecule has 0 fully saturated rings. The highest BCUT2D eigenvalue weighted by Crippen LogP contribution is 2.17. The van der Waals surface area contributed by atoms with E-state index in [1.807, 2.05) is 6.92 Å². The highest BCUT2D eigenvalue weighted by Gasteiger charge is 2.12. The number of hydrogen-bond acceptors (Lipinski definition) is 3. The Hall–Kier alpha value is -1.26. The lowest BCUT2D eigenvalue weighted by molar-refractivity contribution is 0.382. The number of furan rings is 1. The summed E-state index contributed by atoms with van der Waals surface area (Å²) >= 11 is 5.85. The number of nitrogens with zero attached hydrogens (tertiary/aromatic N) is 2. The molecule has 0 unspecified atom stereocenters. The van der Waals surface area contributed by atoms with Gasteiger partial charge in [0.1, 0.15) is 11.5 Å². The first-order chi connectivity index (χ1) is 8.83. The predicted molar refractivity (Wildman–Crippen MR) is 76.4 cm³/mol. The Kier molecular flexibility index (Phi) is 4.02. The van der Waals surface area contributed by atoms with E-state index in [9.17, 15) is 0 Å². The van der Waals surface area contributed by atoms with E-state index in [2.05, 4.69) is 37.3 Å². The number of rotatable bonds is 4. The lowest BCUT2D eigenvalue weighted by Crippen LogP contribution is -2.34. The van der Waals surface area contributed by atoms with E-state index in [4.69, 9.17) is 16.0 Å². The lowest BCUT2D eigenvalue weighted by atomic mass is 10.1. The van der Waals surface area contributed by atoms with Gasteiger partial charge in [-0.25, -0.2) is 0 Å². The van der Waals surface area contributed by atoms with Crippen molar-refractivity contribution in [1.82, 2.24) is 15.1 Å². The molecule has 4 nitrogen and oxygen atoms in total. The van der Waals surface area contributed by atoms with Crippen LogP contribution in [0.15, 0.2) is 22.9 Å². The molecule has 0 atom stereocenters. The molecule has 0 spiro atoms. The minimum Gasteiger partial charge on any atom is -0.465 e. The largest absolute Gasteiger partial charge is 0.465 e. The molecule has 0 aliphatic rings. The van der Waals surface area contributed by atoms with Crippen molar-refractivity contribution in [1.29, 1.82) is 0 Å². The summed E-state index contributed by atoms with van der Waals surface area (Å²) in [5.41, 5.74) is 1.21. The summed E-state index contributed by atoms with van der Waals surface area (Å²) in [7, 11) is 0. The van der Waals surface area contributed by atoms with Crippen LogP contribution in [0.5, 0.6) is 0 Å². The molecule has 2 aromatic rings. The normalized spacial score (nSPS) is 12.1. The second-order valence-electron chi connectivity index (χ2n) is 5.75. The van der Waals surface area contributed by atoms with Crippen molar-refractivity contribution in [3.05, 3.63) is 40.6 Å². The first-order valence-corrected chi connectivity index (χ1v) is 6.72. The maximum absolute atomic E-state index is 5.85. The molecule has 104 valence electrons. The minimum atomic E-state index is 0.0797. The van der Waals surface area contributed by atoms with Crippen molar-refractivity contribution in [3.8, 4) is 0 Å². The predicted octanol–water partition coefficient (Wildman–Crippen LogP) is 3.37. The van der Waals surface area contributed by atoms with Crippen molar-refractivity contribution < 1.29 is 4.42 Å². The molecule has 2 rings (SSSR count). The van der Waals surface area contributed by atoms with Gasteiger partial charge < -0.3 is 9.73 Å². The smallest absolute Gasteiger partial charge is 0.118 e. The van der Waals surface area contributed by atoms with E-state index in [0.29, 0.717) is 11.6 Å². The highest BCUT2D eigenvalue weighted by molar-refractivity contribution is 6.30. The van der Waals surface area contributed by atoms with Crippen molar-refractivity contribution in [3.63, 3.8) is 0 Å². The molecule has 0 aliphatic carbocycles. The number of aryl methyl sites for hydroxylation is 1. The Morgan fingerprint density at radius 1 is 1.42 bits per heavy atom. The van der Waals surface area contributed by atoms with Gasteiger partial charge in [-0.3, -0.25) is 4.68 Å². The molecule has 0 aliphatic heterocycles. The molecule has 2 heterocycles. The summed E-state index contributed by atoms with van der Waals surface area (Å²) in [6.07, 6.45) is 3.44. The summed E-state index contributed by atoms with van der Waals surface area (Å²) in [4.78, 5) is 0. The van der Waals surface area contributed by atoms with Gasteiger partial charge in [-0.05, 0) is 33.8 Å². The molecule has 19 heavy (non-hydrogen) atoms. The van der Waals surface area contributed by atoms with Crippen LogP contribution in [0.1, 0.15) is 37.9 Å². The zero-order valence-electron chi connectivity index (χ0n) is 11.8. The van der Waals surface area contributed by atoms with Gasteiger partial charge in [0.25, 0.3) is 0 Å². The van der Waals surface area contributed by atoms with E-state index < -0.39 is 0 Å². The van der Waals surface area contributed by atoms with Gasteiger partial charge in [0.2, 0.25) is 0 Å². The highest BCUT2D eigenvalue weighted by atomic mass is 35.5. The third-order valence-corrected chi connectivity index (χ3v) is 2.99. The summed E-state index contributed by atoms with van der Waals surface area (Å²) < 4.78 is 7.56. The van der Waals surface area contributed by atoms with E-state index in [0.717, 1.165) is 23.6 Å². The van der Waals surface area contributed by atoms with E-state index in [1.165, 1.54) is 0 Å². The Balaban J connectivity index is 2.04. The summed E-state index contributed by atoms with van der Waals surface area (Å²) in [6, 6.07) is 2.07. The monoisotopic (exact) mass is 281 g/mol. The summed E-state index contributed by atoms with van der Waals surface area (Å²) in [5, 5.41) is 8.23. The van der Waals surface area contributed by atoms with Gasteiger partial charge in [0.15, 0.2) is 0 Å². The topological polar surface area (TPSA) is 43.0 Å². The molecule has 5 heteroatoms. The first kappa shape index (κ1) is 14.2. The van der Waals surface area contributed by atoms with Crippen LogP contribution >= 0.6 is 11.6 Å². The third-order valence-electron chi connectivity index (χ3n) is 2.80. The van der Waals surface area contributed by atoms with Crippen molar-refractivity contribution in [2.75, 3.05) is 0 Å². The van der Waals surface area contributed by atoms with Crippen LogP contribution in [0.3, 0.4) is 0 Å². The molecule has 1 N–H and O–H groups in total. The molecule has 0 saturated carbocycles. The SMILES string of the molecule is Cc1oc(CNC(C)(C)C)cc1Cn1cc(Cl)cn1. The van der Waals surface area contributed by atoms with Crippen LogP contribution in [-0.2, 0) is 13.1 Å². The minimum absolute atomic E-state index is 0.0797. The number of hydrogen-bond donors (Lipinski definition) is 1. The van der Waals surface area contributed by atoms with Crippen molar-refractivity contribution in [2.24, 2.45) is 0 Å². The van der Waals surface area contributed by atoms with Gasteiger partial charge in [-0.1, -0.05) is 11.6 Å². The van der Waals surface area contributed by atoms with Gasteiger partial charge in [-0.15, -0.1) is 0 Å². The lowest BCUT2D eigenvalue weighted by Gasteiger charge is -2.19. The third kappa shape index (κ3) is 4.11. The molecule has 0 amide bonds. The standard InChI is InChI=1S/C14H20ClN3O/c1-10-11(8-18-9-12(15)6-17-18)5-13(19-10)7-16-14(2,3)4/h5-6,9,16H,7-8H2,1-4H3. The van der Waals surface area contributed by atoms with E-state index >= 15 is 0 Å². The molecule has 0 aromatic carbocycles. The Morgan fingerprint density at radius 3 is 2.74 bits per heavy atom.